The van der Waals surface area contributed by atoms with E-state index in [4.69, 9.17) is 5.11 Å². The summed E-state index contributed by atoms with van der Waals surface area (Å²) in [5.41, 5.74) is 1.71. The summed E-state index contributed by atoms with van der Waals surface area (Å²) in [7, 11) is 0. The Bertz CT molecular complexity index is 564. The Labute approximate surface area is 106 Å². The third kappa shape index (κ3) is 2.53. The lowest BCUT2D eigenvalue weighted by Crippen LogP contribution is -1.97. The van der Waals surface area contributed by atoms with Crippen LogP contribution < -0.4 is 0 Å². The van der Waals surface area contributed by atoms with Crippen molar-refractivity contribution in [3.8, 4) is 11.1 Å². The molecule has 86 valence electrons. The summed E-state index contributed by atoms with van der Waals surface area (Å²) >= 11 is 3.17. The van der Waals surface area contributed by atoms with E-state index >= 15 is 0 Å². The van der Waals surface area contributed by atoms with Crippen molar-refractivity contribution in [1.29, 1.82) is 0 Å². The molecule has 0 amide bonds. The van der Waals surface area contributed by atoms with E-state index in [0.717, 1.165) is 11.1 Å². The molecule has 0 radical (unpaired) electrons. The molecule has 2 aromatic carbocycles. The first-order valence-electron chi connectivity index (χ1n) is 4.87. The normalized spacial score (nSPS) is 10.2. The highest BCUT2D eigenvalue weighted by molar-refractivity contribution is 9.10. The molecule has 0 aliphatic carbocycles. The maximum atomic E-state index is 12.8. The minimum Gasteiger partial charge on any atom is -0.478 e. The number of aromatic carboxylic acids is 1. The lowest BCUT2D eigenvalue weighted by atomic mass is 10.0. The van der Waals surface area contributed by atoms with Gasteiger partial charge in [-0.05, 0) is 51.3 Å². The molecule has 1 N–H and O–H groups in total. The Balaban J connectivity index is 2.50. The molecular weight excluding hydrogens is 287 g/mol. The van der Waals surface area contributed by atoms with Gasteiger partial charge < -0.3 is 5.11 Å². The molecule has 0 atom stereocenters. The van der Waals surface area contributed by atoms with Gasteiger partial charge >= 0.3 is 5.97 Å². The van der Waals surface area contributed by atoms with E-state index in [-0.39, 0.29) is 11.4 Å². The maximum absolute atomic E-state index is 12.8. The van der Waals surface area contributed by atoms with Crippen molar-refractivity contribution in [2.75, 3.05) is 0 Å². The molecule has 0 fully saturated rings. The van der Waals surface area contributed by atoms with Crippen LogP contribution in [0.2, 0.25) is 0 Å². The predicted molar refractivity (Wildman–Crippen MR) is 66.5 cm³/mol. The van der Waals surface area contributed by atoms with Gasteiger partial charge in [0.1, 0.15) is 5.82 Å². The van der Waals surface area contributed by atoms with Gasteiger partial charge in [-0.25, -0.2) is 9.18 Å². The molecule has 17 heavy (non-hydrogen) atoms. The van der Waals surface area contributed by atoms with Crippen LogP contribution in [-0.4, -0.2) is 11.1 Å². The molecule has 0 spiro atoms. The van der Waals surface area contributed by atoms with Crippen molar-refractivity contribution >= 4 is 21.9 Å². The SMILES string of the molecule is O=C(O)c1cc(-c2ccc(F)cc2)ccc1Br. The van der Waals surface area contributed by atoms with Crippen LogP contribution >= 0.6 is 15.9 Å². The number of carboxylic acid groups (broad SMARTS) is 1. The number of carboxylic acids is 1. The van der Waals surface area contributed by atoms with E-state index < -0.39 is 5.97 Å². The quantitative estimate of drug-likeness (QED) is 0.910. The second kappa shape index (κ2) is 4.67. The zero-order valence-corrected chi connectivity index (χ0v) is 10.2. The van der Waals surface area contributed by atoms with Crippen LogP contribution in [0.5, 0.6) is 0 Å². The molecular formula is C13H8BrFO2. The topological polar surface area (TPSA) is 37.3 Å². The van der Waals surface area contributed by atoms with Crippen LogP contribution in [0.15, 0.2) is 46.9 Å². The first-order chi connectivity index (χ1) is 8.08. The summed E-state index contributed by atoms with van der Waals surface area (Å²) in [6.07, 6.45) is 0. The zero-order chi connectivity index (χ0) is 12.4. The van der Waals surface area contributed by atoms with E-state index in [1.54, 1.807) is 30.3 Å². The second-order valence-electron chi connectivity index (χ2n) is 3.51. The molecule has 4 heteroatoms. The molecule has 0 heterocycles. The fourth-order valence-electron chi connectivity index (χ4n) is 1.51. The van der Waals surface area contributed by atoms with Gasteiger partial charge in [0.2, 0.25) is 0 Å². The molecule has 0 aliphatic heterocycles. The average Bonchev–Trinajstić information content (AvgIpc) is 2.30. The van der Waals surface area contributed by atoms with Gasteiger partial charge in [0.25, 0.3) is 0 Å². The molecule has 2 aromatic rings. The van der Waals surface area contributed by atoms with Crippen molar-refractivity contribution in [2.24, 2.45) is 0 Å². The van der Waals surface area contributed by atoms with E-state index in [2.05, 4.69) is 15.9 Å². The summed E-state index contributed by atoms with van der Waals surface area (Å²) < 4.78 is 13.3. The summed E-state index contributed by atoms with van der Waals surface area (Å²) in [5, 5.41) is 8.99. The molecule has 2 nitrogen and oxygen atoms in total. The first-order valence-corrected chi connectivity index (χ1v) is 5.66. The Kier molecular flexibility index (Phi) is 3.24. The molecule has 0 saturated heterocycles. The molecule has 0 aliphatic rings. The van der Waals surface area contributed by atoms with Gasteiger partial charge in [0, 0.05) is 4.47 Å². The van der Waals surface area contributed by atoms with Crippen molar-refractivity contribution < 1.29 is 14.3 Å². The highest BCUT2D eigenvalue weighted by Gasteiger charge is 2.09. The van der Waals surface area contributed by atoms with E-state index in [1.165, 1.54) is 12.1 Å². The lowest BCUT2D eigenvalue weighted by Gasteiger charge is -2.05. The Morgan fingerprint density at radius 2 is 1.65 bits per heavy atom. The average molecular weight is 295 g/mol. The summed E-state index contributed by atoms with van der Waals surface area (Å²) in [5.74, 6) is -1.31. The monoisotopic (exact) mass is 294 g/mol. The maximum Gasteiger partial charge on any atom is 0.336 e. The summed E-state index contributed by atoms with van der Waals surface area (Å²) in [6, 6.07) is 10.9. The summed E-state index contributed by atoms with van der Waals surface area (Å²) in [6.45, 7) is 0. The van der Waals surface area contributed by atoms with Crippen LogP contribution in [-0.2, 0) is 0 Å². The Morgan fingerprint density at radius 1 is 1.06 bits per heavy atom. The van der Waals surface area contributed by atoms with Crippen LogP contribution in [0, 0.1) is 5.82 Å². The number of hydrogen-bond acceptors (Lipinski definition) is 1. The zero-order valence-electron chi connectivity index (χ0n) is 8.65. The van der Waals surface area contributed by atoms with Crippen LogP contribution in [0.1, 0.15) is 10.4 Å². The third-order valence-corrected chi connectivity index (χ3v) is 3.07. The number of carbonyl (C=O) groups is 1. The highest BCUT2D eigenvalue weighted by atomic mass is 79.9. The fraction of sp³-hybridized carbons (Fsp3) is 0. The Hall–Kier alpha value is -1.68. The van der Waals surface area contributed by atoms with Gasteiger partial charge in [0.05, 0.1) is 5.56 Å². The van der Waals surface area contributed by atoms with E-state index in [0.29, 0.717) is 4.47 Å². The van der Waals surface area contributed by atoms with Gasteiger partial charge in [-0.1, -0.05) is 18.2 Å². The first kappa shape index (κ1) is 11.8. The Morgan fingerprint density at radius 3 is 2.24 bits per heavy atom. The third-order valence-electron chi connectivity index (χ3n) is 2.37. The number of rotatable bonds is 2. The van der Waals surface area contributed by atoms with Crippen molar-refractivity contribution in [3.05, 3.63) is 58.3 Å². The number of benzene rings is 2. The smallest absolute Gasteiger partial charge is 0.336 e. The van der Waals surface area contributed by atoms with E-state index in [9.17, 15) is 9.18 Å². The summed E-state index contributed by atoms with van der Waals surface area (Å²) in [4.78, 5) is 11.0. The number of hydrogen-bond donors (Lipinski definition) is 1. The largest absolute Gasteiger partial charge is 0.478 e. The van der Waals surface area contributed by atoms with Crippen molar-refractivity contribution in [2.45, 2.75) is 0 Å². The van der Waals surface area contributed by atoms with Crippen molar-refractivity contribution in [3.63, 3.8) is 0 Å². The van der Waals surface area contributed by atoms with Crippen LogP contribution in [0.25, 0.3) is 11.1 Å². The fourth-order valence-corrected chi connectivity index (χ4v) is 1.93. The molecule has 2 rings (SSSR count). The van der Waals surface area contributed by atoms with Gasteiger partial charge in [-0.15, -0.1) is 0 Å². The predicted octanol–water partition coefficient (Wildman–Crippen LogP) is 3.95. The second-order valence-corrected chi connectivity index (χ2v) is 4.36. The van der Waals surface area contributed by atoms with Crippen LogP contribution in [0.3, 0.4) is 0 Å². The van der Waals surface area contributed by atoms with Gasteiger partial charge in [0.15, 0.2) is 0 Å². The minimum atomic E-state index is -0.999. The number of halogens is 2. The molecule has 0 saturated carbocycles. The standard InChI is InChI=1S/C13H8BrFO2/c14-12-6-3-9(7-11(12)13(16)17)8-1-4-10(15)5-2-8/h1-7H,(H,16,17). The lowest BCUT2D eigenvalue weighted by molar-refractivity contribution is 0.0696. The van der Waals surface area contributed by atoms with Gasteiger partial charge in [-0.2, -0.15) is 0 Å². The molecule has 0 bridgehead atoms. The van der Waals surface area contributed by atoms with Gasteiger partial charge in [-0.3, -0.25) is 0 Å². The van der Waals surface area contributed by atoms with Crippen LogP contribution in [0.4, 0.5) is 4.39 Å². The van der Waals surface area contributed by atoms with Crippen molar-refractivity contribution in [1.82, 2.24) is 0 Å². The highest BCUT2D eigenvalue weighted by Crippen LogP contribution is 2.25. The minimum absolute atomic E-state index is 0.187. The molecule has 0 aromatic heterocycles. The van der Waals surface area contributed by atoms with E-state index in [1.807, 2.05) is 0 Å². The molecule has 0 unspecified atom stereocenters.